The van der Waals surface area contributed by atoms with Crippen molar-refractivity contribution in [1.82, 2.24) is 19.9 Å². The summed E-state index contributed by atoms with van der Waals surface area (Å²) in [6, 6.07) is 16.5. The molecule has 1 N–H and O–H groups in total. The molecular formula is C21H21N5S. The normalized spacial score (nSPS) is 12.4. The fourth-order valence-electron chi connectivity index (χ4n) is 3.05. The van der Waals surface area contributed by atoms with Crippen LogP contribution in [-0.4, -0.2) is 40.5 Å². The summed E-state index contributed by atoms with van der Waals surface area (Å²) in [6.45, 7) is 0.765. The van der Waals surface area contributed by atoms with E-state index in [0.717, 1.165) is 28.8 Å². The zero-order chi connectivity index (χ0) is 18.6. The Kier molecular flexibility index (Phi) is 5.09. The summed E-state index contributed by atoms with van der Waals surface area (Å²) in [7, 11) is 4.20. The molecule has 1 atom stereocenters. The predicted molar refractivity (Wildman–Crippen MR) is 112 cm³/mol. The highest BCUT2D eigenvalue weighted by atomic mass is 32.1. The van der Waals surface area contributed by atoms with Crippen molar-refractivity contribution in [3.8, 4) is 11.4 Å². The second-order valence-corrected chi connectivity index (χ2v) is 7.51. The fourth-order valence-corrected chi connectivity index (χ4v) is 3.97. The number of fused-ring (bicyclic) bond motifs is 1. The lowest BCUT2D eigenvalue weighted by Crippen LogP contribution is -2.26. The van der Waals surface area contributed by atoms with Crippen LogP contribution in [-0.2, 0) is 0 Å². The first kappa shape index (κ1) is 17.6. The average Bonchev–Trinajstić information content (AvgIpc) is 3.22. The van der Waals surface area contributed by atoms with Crippen molar-refractivity contribution in [2.45, 2.75) is 6.04 Å². The Bertz CT molecular complexity index is 1020. The SMILES string of the molecule is CN(C)[C@H](CNc1nc(-c2cccnc2)nc2ccccc12)c1cccs1. The van der Waals surface area contributed by atoms with E-state index in [0.29, 0.717) is 5.82 Å². The summed E-state index contributed by atoms with van der Waals surface area (Å²) in [6.07, 6.45) is 3.55. The second-order valence-electron chi connectivity index (χ2n) is 6.53. The molecule has 0 amide bonds. The number of para-hydroxylation sites is 1. The number of pyridine rings is 1. The number of nitrogens with zero attached hydrogens (tertiary/aromatic N) is 4. The zero-order valence-corrected chi connectivity index (χ0v) is 16.1. The number of benzene rings is 1. The van der Waals surface area contributed by atoms with Crippen molar-refractivity contribution in [3.05, 3.63) is 71.2 Å². The Hall–Kier alpha value is -2.83. The van der Waals surface area contributed by atoms with E-state index >= 15 is 0 Å². The second kappa shape index (κ2) is 7.82. The lowest BCUT2D eigenvalue weighted by Gasteiger charge is -2.24. The first-order valence-corrected chi connectivity index (χ1v) is 9.71. The lowest BCUT2D eigenvalue weighted by atomic mass is 10.2. The van der Waals surface area contributed by atoms with E-state index in [2.05, 4.69) is 52.9 Å². The number of hydrogen-bond donors (Lipinski definition) is 1. The maximum Gasteiger partial charge on any atom is 0.163 e. The minimum Gasteiger partial charge on any atom is -0.367 e. The minimum atomic E-state index is 0.278. The average molecular weight is 376 g/mol. The fraction of sp³-hybridized carbons (Fsp3) is 0.190. The van der Waals surface area contributed by atoms with Gasteiger partial charge >= 0.3 is 0 Å². The number of aromatic nitrogens is 3. The number of thiophene rings is 1. The number of nitrogens with one attached hydrogen (secondary N) is 1. The number of anilines is 1. The van der Waals surface area contributed by atoms with Crippen LogP contribution in [0.3, 0.4) is 0 Å². The molecule has 136 valence electrons. The van der Waals surface area contributed by atoms with E-state index < -0.39 is 0 Å². The van der Waals surface area contributed by atoms with Crippen molar-refractivity contribution < 1.29 is 0 Å². The maximum absolute atomic E-state index is 4.81. The molecule has 27 heavy (non-hydrogen) atoms. The van der Waals surface area contributed by atoms with E-state index in [-0.39, 0.29) is 6.04 Å². The summed E-state index contributed by atoms with van der Waals surface area (Å²) < 4.78 is 0. The van der Waals surface area contributed by atoms with Gasteiger partial charge in [0.15, 0.2) is 5.82 Å². The topological polar surface area (TPSA) is 53.9 Å². The van der Waals surface area contributed by atoms with Crippen molar-refractivity contribution in [3.63, 3.8) is 0 Å². The summed E-state index contributed by atoms with van der Waals surface area (Å²) in [4.78, 5) is 17.3. The van der Waals surface area contributed by atoms with Gasteiger partial charge < -0.3 is 10.2 Å². The molecule has 1 aromatic carbocycles. The largest absolute Gasteiger partial charge is 0.367 e. The molecule has 0 fully saturated rings. The monoisotopic (exact) mass is 375 g/mol. The highest BCUT2D eigenvalue weighted by molar-refractivity contribution is 7.10. The Labute approximate surface area is 162 Å². The van der Waals surface area contributed by atoms with Crippen LogP contribution in [0.15, 0.2) is 66.3 Å². The van der Waals surface area contributed by atoms with Crippen molar-refractivity contribution in [2.75, 3.05) is 26.0 Å². The Morgan fingerprint density at radius 2 is 1.93 bits per heavy atom. The van der Waals surface area contributed by atoms with Crippen LogP contribution in [0, 0.1) is 0 Å². The first-order chi connectivity index (χ1) is 13.2. The highest BCUT2D eigenvalue weighted by Crippen LogP contribution is 2.27. The maximum atomic E-state index is 4.81. The smallest absolute Gasteiger partial charge is 0.163 e. The van der Waals surface area contributed by atoms with E-state index in [9.17, 15) is 0 Å². The molecule has 6 heteroatoms. The molecule has 3 heterocycles. The van der Waals surface area contributed by atoms with Crippen LogP contribution in [0.1, 0.15) is 10.9 Å². The third-order valence-electron chi connectivity index (χ3n) is 4.48. The van der Waals surface area contributed by atoms with Gasteiger partial charge in [0.05, 0.1) is 11.6 Å². The standard InChI is InChI=1S/C21H21N5S/c1-26(2)18(19-10-6-12-27-19)14-23-21-16-8-3-4-9-17(16)24-20(25-21)15-7-5-11-22-13-15/h3-13,18H,14H2,1-2H3,(H,23,24,25)/t18-/m1/s1. The quantitative estimate of drug-likeness (QED) is 0.539. The molecule has 4 aromatic rings. The Morgan fingerprint density at radius 1 is 1.04 bits per heavy atom. The van der Waals surface area contributed by atoms with E-state index in [1.54, 1.807) is 23.7 Å². The third-order valence-corrected chi connectivity index (χ3v) is 5.45. The molecule has 0 aliphatic carbocycles. The molecule has 0 radical (unpaired) electrons. The van der Waals surface area contributed by atoms with Gasteiger partial charge in [0.25, 0.3) is 0 Å². The number of hydrogen-bond acceptors (Lipinski definition) is 6. The van der Waals surface area contributed by atoms with Gasteiger partial charge in [0, 0.05) is 34.8 Å². The molecule has 0 unspecified atom stereocenters. The van der Waals surface area contributed by atoms with Crippen LogP contribution < -0.4 is 5.32 Å². The predicted octanol–water partition coefficient (Wildman–Crippen LogP) is 4.47. The van der Waals surface area contributed by atoms with Crippen molar-refractivity contribution >= 4 is 28.1 Å². The van der Waals surface area contributed by atoms with Crippen LogP contribution in [0.4, 0.5) is 5.82 Å². The molecule has 0 aliphatic heterocycles. The Morgan fingerprint density at radius 3 is 2.67 bits per heavy atom. The highest BCUT2D eigenvalue weighted by Gasteiger charge is 2.16. The van der Waals surface area contributed by atoms with Gasteiger partial charge in [-0.05, 0) is 49.8 Å². The summed E-state index contributed by atoms with van der Waals surface area (Å²) in [5.74, 6) is 1.53. The number of rotatable bonds is 6. The Balaban J connectivity index is 1.70. The summed E-state index contributed by atoms with van der Waals surface area (Å²) in [5, 5.41) is 6.70. The third kappa shape index (κ3) is 3.82. The lowest BCUT2D eigenvalue weighted by molar-refractivity contribution is 0.316. The molecule has 0 aliphatic rings. The minimum absolute atomic E-state index is 0.278. The molecule has 0 saturated heterocycles. The van der Waals surface area contributed by atoms with E-state index in [1.807, 2.05) is 30.3 Å². The molecule has 3 aromatic heterocycles. The van der Waals surface area contributed by atoms with Gasteiger partial charge in [-0.15, -0.1) is 11.3 Å². The summed E-state index contributed by atoms with van der Waals surface area (Å²) >= 11 is 1.78. The summed E-state index contributed by atoms with van der Waals surface area (Å²) in [5.41, 5.74) is 1.83. The molecule has 5 nitrogen and oxygen atoms in total. The van der Waals surface area contributed by atoms with Crippen LogP contribution in [0.2, 0.25) is 0 Å². The van der Waals surface area contributed by atoms with Gasteiger partial charge in [-0.25, -0.2) is 9.97 Å². The molecule has 0 saturated carbocycles. The van der Waals surface area contributed by atoms with Crippen molar-refractivity contribution in [2.24, 2.45) is 0 Å². The van der Waals surface area contributed by atoms with Gasteiger partial charge in [0.2, 0.25) is 0 Å². The van der Waals surface area contributed by atoms with E-state index in [4.69, 9.17) is 9.97 Å². The number of likely N-dealkylation sites (N-methyl/N-ethyl adjacent to an activating group) is 1. The van der Waals surface area contributed by atoms with Crippen LogP contribution in [0.5, 0.6) is 0 Å². The van der Waals surface area contributed by atoms with Gasteiger partial charge in [0.1, 0.15) is 5.82 Å². The molecular weight excluding hydrogens is 354 g/mol. The molecule has 4 rings (SSSR count). The van der Waals surface area contributed by atoms with Gasteiger partial charge in [-0.2, -0.15) is 0 Å². The first-order valence-electron chi connectivity index (χ1n) is 8.83. The van der Waals surface area contributed by atoms with Gasteiger partial charge in [-0.3, -0.25) is 4.98 Å². The molecule has 0 spiro atoms. The van der Waals surface area contributed by atoms with Crippen LogP contribution in [0.25, 0.3) is 22.3 Å². The molecule has 0 bridgehead atoms. The van der Waals surface area contributed by atoms with Gasteiger partial charge in [-0.1, -0.05) is 18.2 Å². The van der Waals surface area contributed by atoms with E-state index in [1.165, 1.54) is 4.88 Å². The van der Waals surface area contributed by atoms with Crippen molar-refractivity contribution in [1.29, 1.82) is 0 Å². The van der Waals surface area contributed by atoms with Crippen LogP contribution >= 0.6 is 11.3 Å². The zero-order valence-electron chi connectivity index (χ0n) is 15.3.